The van der Waals surface area contributed by atoms with Crippen molar-refractivity contribution in [3.05, 3.63) is 128 Å². The molecule has 0 aliphatic carbocycles. The van der Waals surface area contributed by atoms with E-state index in [0.717, 1.165) is 11.3 Å². The molecule has 0 N–H and O–H groups in total. The summed E-state index contributed by atoms with van der Waals surface area (Å²) in [5.41, 5.74) is 7.26. The van der Waals surface area contributed by atoms with Crippen LogP contribution in [0.25, 0.3) is 73.9 Å². The standard InChI is InChI=1S/C35H21NS2/c1-2-19-32-25(11-1)26-13-7-15-28(34(26)37-32)30-17-8-16-29-27-14-6-12-24(33(27)38-35(29)30)22-9-5-10-23(21-22)31-18-3-4-20-36-31/h1-21H. The molecule has 0 atom stereocenters. The average molecular weight is 520 g/mol. The lowest BCUT2D eigenvalue weighted by atomic mass is 9.98. The van der Waals surface area contributed by atoms with E-state index in [1.165, 1.54) is 62.6 Å². The zero-order valence-electron chi connectivity index (χ0n) is 20.4. The molecule has 0 fully saturated rings. The van der Waals surface area contributed by atoms with Crippen LogP contribution in [0.1, 0.15) is 0 Å². The Hall–Kier alpha value is -4.31. The number of pyridine rings is 1. The molecule has 8 aromatic rings. The average Bonchev–Trinajstić information content (AvgIpc) is 3.56. The van der Waals surface area contributed by atoms with Crippen molar-refractivity contribution in [3.63, 3.8) is 0 Å². The lowest BCUT2D eigenvalue weighted by molar-refractivity contribution is 1.33. The van der Waals surface area contributed by atoms with Gasteiger partial charge in [0.05, 0.1) is 5.69 Å². The number of fused-ring (bicyclic) bond motifs is 6. The third-order valence-electron chi connectivity index (χ3n) is 7.35. The van der Waals surface area contributed by atoms with Gasteiger partial charge in [0.15, 0.2) is 0 Å². The van der Waals surface area contributed by atoms with Crippen molar-refractivity contribution in [2.75, 3.05) is 0 Å². The molecule has 0 radical (unpaired) electrons. The Balaban J connectivity index is 1.36. The highest BCUT2D eigenvalue weighted by atomic mass is 32.1. The normalized spacial score (nSPS) is 11.7. The molecule has 3 heteroatoms. The van der Waals surface area contributed by atoms with Crippen LogP contribution in [0.5, 0.6) is 0 Å². The Morgan fingerprint density at radius 1 is 0.421 bits per heavy atom. The lowest BCUT2D eigenvalue weighted by Crippen LogP contribution is -1.84. The van der Waals surface area contributed by atoms with Gasteiger partial charge in [0.1, 0.15) is 0 Å². The van der Waals surface area contributed by atoms with E-state index >= 15 is 0 Å². The summed E-state index contributed by atoms with van der Waals surface area (Å²) in [4.78, 5) is 4.57. The van der Waals surface area contributed by atoms with Gasteiger partial charge in [0, 0.05) is 63.2 Å². The maximum Gasteiger partial charge on any atom is 0.0702 e. The zero-order chi connectivity index (χ0) is 25.1. The smallest absolute Gasteiger partial charge is 0.0702 e. The number of aromatic nitrogens is 1. The fourth-order valence-corrected chi connectivity index (χ4v) is 8.19. The van der Waals surface area contributed by atoms with Gasteiger partial charge in [-0.05, 0) is 35.4 Å². The topological polar surface area (TPSA) is 12.9 Å². The molecule has 0 saturated carbocycles. The molecule has 38 heavy (non-hydrogen) atoms. The van der Waals surface area contributed by atoms with Gasteiger partial charge in [-0.15, -0.1) is 22.7 Å². The summed E-state index contributed by atoms with van der Waals surface area (Å²) in [6.45, 7) is 0. The highest BCUT2D eigenvalue weighted by Crippen LogP contribution is 2.47. The minimum Gasteiger partial charge on any atom is -0.256 e. The van der Waals surface area contributed by atoms with E-state index in [4.69, 9.17) is 0 Å². The Morgan fingerprint density at radius 2 is 1.00 bits per heavy atom. The number of benzene rings is 5. The summed E-state index contributed by atoms with van der Waals surface area (Å²) < 4.78 is 5.38. The summed E-state index contributed by atoms with van der Waals surface area (Å²) in [7, 11) is 0. The van der Waals surface area contributed by atoms with Crippen LogP contribution in [0.2, 0.25) is 0 Å². The van der Waals surface area contributed by atoms with Gasteiger partial charge in [0.25, 0.3) is 0 Å². The molecular weight excluding hydrogens is 499 g/mol. The molecule has 0 saturated heterocycles. The van der Waals surface area contributed by atoms with Gasteiger partial charge < -0.3 is 0 Å². The fourth-order valence-electron chi connectivity index (χ4n) is 5.60. The second kappa shape index (κ2) is 8.63. The van der Waals surface area contributed by atoms with Crippen molar-refractivity contribution in [2.24, 2.45) is 0 Å². The van der Waals surface area contributed by atoms with Crippen LogP contribution in [0, 0.1) is 0 Å². The highest BCUT2D eigenvalue weighted by molar-refractivity contribution is 7.27. The summed E-state index contributed by atoms with van der Waals surface area (Å²) in [6, 6.07) is 43.8. The minimum absolute atomic E-state index is 0.997. The minimum atomic E-state index is 0.997. The summed E-state index contributed by atoms with van der Waals surface area (Å²) in [6.07, 6.45) is 1.85. The van der Waals surface area contributed by atoms with E-state index in [1.54, 1.807) is 0 Å². The lowest BCUT2D eigenvalue weighted by Gasteiger charge is -2.07. The van der Waals surface area contributed by atoms with Gasteiger partial charge in [-0.25, -0.2) is 0 Å². The van der Waals surface area contributed by atoms with E-state index < -0.39 is 0 Å². The molecule has 5 aromatic carbocycles. The largest absolute Gasteiger partial charge is 0.256 e. The first-order valence-corrected chi connectivity index (χ1v) is 14.4. The van der Waals surface area contributed by atoms with Gasteiger partial charge in [-0.1, -0.05) is 97.1 Å². The third kappa shape index (κ3) is 3.33. The fraction of sp³-hybridized carbons (Fsp3) is 0. The quantitative estimate of drug-likeness (QED) is 0.226. The first kappa shape index (κ1) is 21.7. The van der Waals surface area contributed by atoms with Gasteiger partial charge in [0.2, 0.25) is 0 Å². The zero-order valence-corrected chi connectivity index (χ0v) is 22.0. The van der Waals surface area contributed by atoms with E-state index in [0.29, 0.717) is 0 Å². The Kier molecular flexibility index (Phi) is 4.94. The molecule has 0 spiro atoms. The number of thiophene rings is 2. The van der Waals surface area contributed by atoms with Crippen molar-refractivity contribution in [2.45, 2.75) is 0 Å². The monoisotopic (exact) mass is 519 g/mol. The molecule has 0 aliphatic heterocycles. The Morgan fingerprint density at radius 3 is 1.76 bits per heavy atom. The first-order valence-electron chi connectivity index (χ1n) is 12.7. The molecule has 0 unspecified atom stereocenters. The molecule has 178 valence electrons. The molecule has 8 rings (SSSR count). The SMILES string of the molecule is c1ccc(-c2cccc(-c3cccc4c3sc3c(-c5cccc6c5sc5ccccc56)cccc34)c2)nc1. The second-order valence-electron chi connectivity index (χ2n) is 9.54. The first-order chi connectivity index (χ1) is 18.8. The van der Waals surface area contributed by atoms with Crippen molar-refractivity contribution >= 4 is 63.0 Å². The van der Waals surface area contributed by atoms with Crippen molar-refractivity contribution in [3.8, 4) is 33.5 Å². The molecule has 3 aromatic heterocycles. The van der Waals surface area contributed by atoms with Gasteiger partial charge in [-0.2, -0.15) is 0 Å². The summed E-state index contributed by atoms with van der Waals surface area (Å²) in [5, 5.41) is 5.32. The second-order valence-corrected chi connectivity index (χ2v) is 11.6. The summed E-state index contributed by atoms with van der Waals surface area (Å²) in [5.74, 6) is 0. The van der Waals surface area contributed by atoms with Crippen LogP contribution in [0.15, 0.2) is 128 Å². The van der Waals surface area contributed by atoms with E-state index in [-0.39, 0.29) is 0 Å². The number of hydrogen-bond acceptors (Lipinski definition) is 3. The van der Waals surface area contributed by atoms with E-state index in [1.807, 2.05) is 41.0 Å². The molecule has 0 bridgehead atoms. The highest BCUT2D eigenvalue weighted by Gasteiger charge is 2.17. The van der Waals surface area contributed by atoms with Crippen LogP contribution < -0.4 is 0 Å². The van der Waals surface area contributed by atoms with Gasteiger partial charge >= 0.3 is 0 Å². The maximum atomic E-state index is 4.57. The number of hydrogen-bond donors (Lipinski definition) is 0. The van der Waals surface area contributed by atoms with Crippen molar-refractivity contribution in [1.82, 2.24) is 4.98 Å². The van der Waals surface area contributed by atoms with Gasteiger partial charge in [-0.3, -0.25) is 4.98 Å². The van der Waals surface area contributed by atoms with Crippen molar-refractivity contribution < 1.29 is 0 Å². The van der Waals surface area contributed by atoms with Crippen LogP contribution in [0.3, 0.4) is 0 Å². The van der Waals surface area contributed by atoms with Crippen LogP contribution >= 0.6 is 22.7 Å². The van der Waals surface area contributed by atoms with Crippen LogP contribution in [-0.4, -0.2) is 4.98 Å². The predicted octanol–water partition coefficient (Wildman–Crippen LogP) is 10.8. The van der Waals surface area contributed by atoms with Crippen LogP contribution in [0.4, 0.5) is 0 Å². The summed E-state index contributed by atoms with van der Waals surface area (Å²) >= 11 is 3.81. The molecule has 3 heterocycles. The van der Waals surface area contributed by atoms with Crippen LogP contribution in [-0.2, 0) is 0 Å². The van der Waals surface area contributed by atoms with Crippen molar-refractivity contribution in [1.29, 1.82) is 0 Å². The van der Waals surface area contributed by atoms with E-state index in [2.05, 4.69) is 114 Å². The Labute approximate surface area is 228 Å². The number of nitrogens with zero attached hydrogens (tertiary/aromatic N) is 1. The molecule has 0 aliphatic rings. The number of rotatable bonds is 3. The maximum absolute atomic E-state index is 4.57. The molecular formula is C35H21NS2. The van der Waals surface area contributed by atoms with E-state index in [9.17, 15) is 0 Å². The predicted molar refractivity (Wildman–Crippen MR) is 166 cm³/mol. The third-order valence-corrected chi connectivity index (χ3v) is 9.86. The molecule has 1 nitrogen and oxygen atoms in total. The molecule has 0 amide bonds. The Bertz CT molecular complexity index is 2130.